The summed E-state index contributed by atoms with van der Waals surface area (Å²) in [5, 5.41) is 14.6. The Balaban J connectivity index is 2.36. The molecule has 0 bridgehead atoms. The van der Waals surface area contributed by atoms with E-state index in [-0.39, 0.29) is 11.4 Å². The molecule has 0 aliphatic carbocycles. The van der Waals surface area contributed by atoms with E-state index in [0.717, 1.165) is 32.5 Å². The van der Waals surface area contributed by atoms with Gasteiger partial charge >= 0.3 is 6.03 Å². The van der Waals surface area contributed by atoms with E-state index in [0.29, 0.717) is 18.7 Å². The van der Waals surface area contributed by atoms with E-state index in [9.17, 15) is 23.2 Å². The van der Waals surface area contributed by atoms with Crippen LogP contribution < -0.4 is 16.1 Å². The molecule has 0 spiro atoms. The van der Waals surface area contributed by atoms with Gasteiger partial charge in [-0.2, -0.15) is 4.31 Å². The Morgan fingerprint density at radius 1 is 1.18 bits per heavy atom. The topological polar surface area (TPSA) is 131 Å². The third kappa shape index (κ3) is 7.66. The Bertz CT molecular complexity index is 926. The van der Waals surface area contributed by atoms with E-state index in [1.807, 2.05) is 0 Å². The molecule has 1 aromatic carbocycles. The normalized spacial score (nSPS) is 16.2. The average Bonchev–Trinajstić information content (AvgIpc) is 2.78. The van der Waals surface area contributed by atoms with E-state index < -0.39 is 33.4 Å². The summed E-state index contributed by atoms with van der Waals surface area (Å²) < 4.78 is 28.8. The standard InChI is InChI=1S/C23H39N5O5S/c1-5-24-22(30)25-18-11-9-12-19(17-18)34(32,33)28(20(21(29)26-31)23(2,3)4)16-10-15-27-13-7-6-8-14-27/h9,11-12,17,20,31H,5-8,10,13-16H2,1-4H3,(H,26,29)(H2,24,25,30)/t20-/m0/s1. The van der Waals surface area contributed by atoms with Crippen LogP contribution in [0.2, 0.25) is 0 Å². The minimum Gasteiger partial charge on any atom is -0.338 e. The summed E-state index contributed by atoms with van der Waals surface area (Å²) in [7, 11) is -4.14. The van der Waals surface area contributed by atoms with Crippen LogP contribution >= 0.6 is 0 Å². The fraction of sp³-hybridized carbons (Fsp3) is 0.652. The average molecular weight is 498 g/mol. The zero-order valence-corrected chi connectivity index (χ0v) is 21.5. The largest absolute Gasteiger partial charge is 0.338 e. The molecule has 1 atom stereocenters. The molecule has 10 nitrogen and oxygen atoms in total. The lowest BCUT2D eigenvalue weighted by atomic mass is 9.86. The van der Waals surface area contributed by atoms with Crippen LogP contribution in [0.25, 0.3) is 0 Å². The minimum atomic E-state index is -4.14. The highest BCUT2D eigenvalue weighted by molar-refractivity contribution is 7.89. The fourth-order valence-electron chi connectivity index (χ4n) is 4.24. The van der Waals surface area contributed by atoms with Gasteiger partial charge in [-0.1, -0.05) is 33.3 Å². The van der Waals surface area contributed by atoms with E-state index in [4.69, 9.17) is 0 Å². The summed E-state index contributed by atoms with van der Waals surface area (Å²) in [4.78, 5) is 26.9. The summed E-state index contributed by atoms with van der Waals surface area (Å²) in [6.07, 6.45) is 4.01. The first-order valence-corrected chi connectivity index (χ1v) is 13.3. The minimum absolute atomic E-state index is 0.0419. The molecule has 34 heavy (non-hydrogen) atoms. The van der Waals surface area contributed by atoms with Crippen LogP contribution in [0.1, 0.15) is 53.4 Å². The second kappa shape index (κ2) is 12.5. The smallest absolute Gasteiger partial charge is 0.319 e. The Labute approximate surface area is 203 Å². The number of nitrogens with zero attached hydrogens (tertiary/aromatic N) is 2. The maximum atomic E-state index is 13.8. The maximum Gasteiger partial charge on any atom is 0.319 e. The van der Waals surface area contributed by atoms with Crippen molar-refractivity contribution in [1.29, 1.82) is 0 Å². The molecule has 3 amide bonds. The number of sulfonamides is 1. The number of anilines is 1. The molecule has 1 aliphatic rings. The lowest BCUT2D eigenvalue weighted by molar-refractivity contribution is -0.136. The summed E-state index contributed by atoms with van der Waals surface area (Å²) in [5.41, 5.74) is 1.18. The van der Waals surface area contributed by atoms with Gasteiger partial charge in [0.1, 0.15) is 6.04 Å². The van der Waals surface area contributed by atoms with Gasteiger partial charge in [-0.3, -0.25) is 10.0 Å². The first-order chi connectivity index (χ1) is 16.0. The second-order valence-corrected chi connectivity index (χ2v) is 11.5. The third-order valence-corrected chi connectivity index (χ3v) is 7.66. The Kier molecular flexibility index (Phi) is 10.3. The lowest BCUT2D eigenvalue weighted by Crippen LogP contribution is -2.55. The quantitative estimate of drug-likeness (QED) is 0.290. The van der Waals surface area contributed by atoms with Crippen molar-refractivity contribution in [2.24, 2.45) is 5.41 Å². The number of carbonyl (C=O) groups excluding carboxylic acids is 2. The molecule has 2 rings (SSSR count). The van der Waals surface area contributed by atoms with Crippen molar-refractivity contribution in [2.45, 2.75) is 64.3 Å². The number of likely N-dealkylation sites (tertiary alicyclic amines) is 1. The highest BCUT2D eigenvalue weighted by Gasteiger charge is 2.42. The summed E-state index contributed by atoms with van der Waals surface area (Å²) >= 11 is 0. The predicted octanol–water partition coefficient (Wildman–Crippen LogP) is 2.61. The highest BCUT2D eigenvalue weighted by Crippen LogP contribution is 2.31. The number of benzene rings is 1. The summed E-state index contributed by atoms with van der Waals surface area (Å²) in [5.74, 6) is -0.786. The van der Waals surface area contributed by atoms with Gasteiger partial charge in [0.2, 0.25) is 10.0 Å². The van der Waals surface area contributed by atoms with E-state index in [2.05, 4.69) is 15.5 Å². The van der Waals surface area contributed by atoms with Crippen LogP contribution in [0.3, 0.4) is 0 Å². The van der Waals surface area contributed by atoms with Crippen LogP contribution in [0.5, 0.6) is 0 Å². The molecule has 1 heterocycles. The predicted molar refractivity (Wildman–Crippen MR) is 131 cm³/mol. The Morgan fingerprint density at radius 2 is 1.85 bits per heavy atom. The second-order valence-electron chi connectivity index (χ2n) is 9.63. The van der Waals surface area contributed by atoms with Crippen molar-refractivity contribution in [3.8, 4) is 0 Å². The van der Waals surface area contributed by atoms with Gasteiger partial charge < -0.3 is 15.5 Å². The molecule has 4 N–H and O–H groups in total. The van der Waals surface area contributed by atoms with Crippen molar-refractivity contribution < 1.29 is 23.2 Å². The first-order valence-electron chi connectivity index (χ1n) is 11.8. The number of carbonyl (C=O) groups is 2. The Hall–Kier alpha value is -2.21. The number of piperidine rings is 1. The van der Waals surface area contributed by atoms with Gasteiger partial charge in [0.05, 0.1) is 4.90 Å². The molecule has 0 unspecified atom stereocenters. The molecule has 192 valence electrons. The molecule has 1 aliphatic heterocycles. The third-order valence-electron chi connectivity index (χ3n) is 5.80. The number of hydrogen-bond donors (Lipinski definition) is 4. The van der Waals surface area contributed by atoms with Crippen molar-refractivity contribution in [3.63, 3.8) is 0 Å². The lowest BCUT2D eigenvalue weighted by Gasteiger charge is -2.38. The summed E-state index contributed by atoms with van der Waals surface area (Å²) in [6.45, 7) is 10.3. The van der Waals surface area contributed by atoms with Crippen LogP contribution in [0.15, 0.2) is 29.2 Å². The van der Waals surface area contributed by atoms with E-state index >= 15 is 0 Å². The van der Waals surface area contributed by atoms with Crippen molar-refractivity contribution in [2.75, 3.05) is 38.0 Å². The maximum absolute atomic E-state index is 13.8. The van der Waals surface area contributed by atoms with Gasteiger partial charge in [-0.05, 0) is 69.4 Å². The van der Waals surface area contributed by atoms with Gasteiger partial charge in [-0.15, -0.1) is 0 Å². The molecule has 0 saturated carbocycles. The molecule has 1 saturated heterocycles. The molecule has 11 heteroatoms. The zero-order chi connectivity index (χ0) is 25.4. The molecule has 1 aromatic rings. The number of amides is 3. The molecule has 0 aromatic heterocycles. The monoisotopic (exact) mass is 497 g/mol. The fourth-order valence-corrected chi connectivity index (χ4v) is 6.10. The van der Waals surface area contributed by atoms with Gasteiger partial charge in [0.25, 0.3) is 5.91 Å². The summed E-state index contributed by atoms with van der Waals surface area (Å²) in [6, 6.07) is 4.37. The zero-order valence-electron chi connectivity index (χ0n) is 20.6. The molecular weight excluding hydrogens is 458 g/mol. The number of urea groups is 1. The number of nitrogens with one attached hydrogen (secondary N) is 3. The van der Waals surface area contributed by atoms with Crippen LogP contribution in [-0.4, -0.2) is 73.5 Å². The number of hydroxylamine groups is 1. The van der Waals surface area contributed by atoms with Crippen molar-refractivity contribution in [1.82, 2.24) is 20.0 Å². The number of hydrogen-bond acceptors (Lipinski definition) is 6. The van der Waals surface area contributed by atoms with Gasteiger partial charge in [0, 0.05) is 18.8 Å². The van der Waals surface area contributed by atoms with Crippen LogP contribution in [-0.2, 0) is 14.8 Å². The van der Waals surface area contributed by atoms with Crippen LogP contribution in [0, 0.1) is 5.41 Å². The van der Waals surface area contributed by atoms with Crippen molar-refractivity contribution in [3.05, 3.63) is 24.3 Å². The van der Waals surface area contributed by atoms with Crippen LogP contribution in [0.4, 0.5) is 10.5 Å². The Morgan fingerprint density at radius 3 is 2.44 bits per heavy atom. The van der Waals surface area contributed by atoms with Gasteiger partial charge in [-0.25, -0.2) is 18.7 Å². The van der Waals surface area contributed by atoms with Crippen molar-refractivity contribution >= 4 is 27.6 Å². The molecule has 1 fully saturated rings. The first kappa shape index (κ1) is 28.0. The van der Waals surface area contributed by atoms with Gasteiger partial charge in [0.15, 0.2) is 0 Å². The molecular formula is C23H39N5O5S. The van der Waals surface area contributed by atoms with E-state index in [1.165, 1.54) is 22.9 Å². The SMILES string of the molecule is CCNC(=O)Nc1cccc(S(=O)(=O)N(CCCN2CCCCC2)[C@@H](C(=O)NO)C(C)(C)C)c1. The number of rotatable bonds is 10. The van der Waals surface area contributed by atoms with E-state index in [1.54, 1.807) is 45.3 Å². The highest BCUT2D eigenvalue weighted by atomic mass is 32.2. The molecule has 0 radical (unpaired) electrons.